The molecule has 0 bridgehead atoms. The Bertz CT molecular complexity index is 555. The zero-order valence-corrected chi connectivity index (χ0v) is 12.2. The van der Waals surface area contributed by atoms with Crippen LogP contribution in [0.25, 0.3) is 0 Å². The third kappa shape index (κ3) is 3.68. The van der Waals surface area contributed by atoms with Crippen molar-refractivity contribution in [1.29, 1.82) is 0 Å². The normalized spacial score (nSPS) is 15.9. The summed E-state index contributed by atoms with van der Waals surface area (Å²) >= 11 is 0. The lowest BCUT2D eigenvalue weighted by Gasteiger charge is -2.41. The predicted molar refractivity (Wildman–Crippen MR) is 75.1 cm³/mol. The van der Waals surface area contributed by atoms with E-state index in [1.165, 1.54) is 7.11 Å². The fraction of sp³-hybridized carbons (Fsp3) is 0.571. The molecular weight excluding hydrogens is 274 g/mol. The number of esters is 1. The maximum absolute atomic E-state index is 11.5. The van der Waals surface area contributed by atoms with Gasteiger partial charge in [-0.1, -0.05) is 6.42 Å². The number of anilines is 1. The van der Waals surface area contributed by atoms with E-state index in [1.807, 2.05) is 0 Å². The summed E-state index contributed by atoms with van der Waals surface area (Å²) < 4.78 is 4.61. The Morgan fingerprint density at radius 1 is 1.43 bits per heavy atom. The molecule has 1 aliphatic rings. The van der Waals surface area contributed by atoms with Crippen LogP contribution in [0.5, 0.6) is 0 Å². The molecule has 0 spiro atoms. The zero-order valence-electron chi connectivity index (χ0n) is 12.2. The molecular formula is C14H19N3O4. The van der Waals surface area contributed by atoms with Gasteiger partial charge in [-0.05, 0) is 25.2 Å². The highest BCUT2D eigenvalue weighted by molar-refractivity contribution is 5.85. The van der Waals surface area contributed by atoms with Crippen molar-refractivity contribution in [3.05, 3.63) is 17.6 Å². The fourth-order valence-corrected chi connectivity index (χ4v) is 2.53. The van der Waals surface area contributed by atoms with Gasteiger partial charge < -0.3 is 15.2 Å². The molecule has 0 aliphatic heterocycles. The van der Waals surface area contributed by atoms with Crippen molar-refractivity contribution in [1.82, 2.24) is 9.97 Å². The molecule has 0 aromatic carbocycles. The maximum atomic E-state index is 11.5. The summed E-state index contributed by atoms with van der Waals surface area (Å²) in [6.07, 6.45) is 2.97. The molecule has 2 rings (SSSR count). The van der Waals surface area contributed by atoms with Crippen LogP contribution in [0.2, 0.25) is 0 Å². The SMILES string of the molecule is COC(=O)c1nc(C)cc(NCC2(CC(=O)O)CCC2)n1. The van der Waals surface area contributed by atoms with Gasteiger partial charge in [0, 0.05) is 18.3 Å². The molecule has 0 unspecified atom stereocenters. The first-order chi connectivity index (χ1) is 9.94. The first-order valence-corrected chi connectivity index (χ1v) is 6.84. The number of hydrogen-bond acceptors (Lipinski definition) is 6. The van der Waals surface area contributed by atoms with Gasteiger partial charge in [0.05, 0.1) is 13.5 Å². The van der Waals surface area contributed by atoms with Gasteiger partial charge in [0.15, 0.2) is 0 Å². The number of carboxylic acids is 1. The highest BCUT2D eigenvalue weighted by Gasteiger charge is 2.38. The molecule has 0 saturated heterocycles. The summed E-state index contributed by atoms with van der Waals surface area (Å²) in [7, 11) is 1.28. The van der Waals surface area contributed by atoms with Gasteiger partial charge >= 0.3 is 11.9 Å². The molecule has 0 atom stereocenters. The number of aliphatic carboxylic acids is 1. The van der Waals surface area contributed by atoms with Gasteiger partial charge in [-0.2, -0.15) is 0 Å². The number of methoxy groups -OCH3 is 1. The highest BCUT2D eigenvalue weighted by atomic mass is 16.5. The molecule has 1 aromatic rings. The van der Waals surface area contributed by atoms with Crippen LogP contribution in [0, 0.1) is 12.3 Å². The minimum Gasteiger partial charge on any atom is -0.481 e. The van der Waals surface area contributed by atoms with E-state index in [4.69, 9.17) is 5.11 Å². The van der Waals surface area contributed by atoms with Crippen LogP contribution >= 0.6 is 0 Å². The Balaban J connectivity index is 2.07. The number of carboxylic acid groups (broad SMARTS) is 1. The number of nitrogens with one attached hydrogen (secondary N) is 1. The number of carbonyl (C=O) groups is 2. The summed E-state index contributed by atoms with van der Waals surface area (Å²) in [4.78, 5) is 30.5. The average molecular weight is 293 g/mol. The minimum atomic E-state index is -0.786. The summed E-state index contributed by atoms with van der Waals surface area (Å²) in [5.41, 5.74) is 0.435. The smallest absolute Gasteiger partial charge is 0.376 e. The molecule has 1 heterocycles. The number of aromatic nitrogens is 2. The summed E-state index contributed by atoms with van der Waals surface area (Å²) in [5, 5.41) is 12.1. The molecule has 21 heavy (non-hydrogen) atoms. The second-order valence-electron chi connectivity index (χ2n) is 5.49. The minimum absolute atomic E-state index is 0.000828. The monoisotopic (exact) mass is 293 g/mol. The fourth-order valence-electron chi connectivity index (χ4n) is 2.53. The Labute approximate surface area is 122 Å². The number of rotatable bonds is 6. The second-order valence-corrected chi connectivity index (χ2v) is 5.49. The Morgan fingerprint density at radius 3 is 2.67 bits per heavy atom. The van der Waals surface area contributed by atoms with Crippen molar-refractivity contribution < 1.29 is 19.4 Å². The van der Waals surface area contributed by atoms with Crippen LogP contribution in [0.1, 0.15) is 42.0 Å². The number of ether oxygens (including phenoxy) is 1. The Hall–Kier alpha value is -2.18. The summed E-state index contributed by atoms with van der Waals surface area (Å²) in [6.45, 7) is 2.28. The number of nitrogens with zero attached hydrogens (tertiary/aromatic N) is 2. The molecule has 0 amide bonds. The van der Waals surface area contributed by atoms with E-state index in [2.05, 4.69) is 20.0 Å². The highest BCUT2D eigenvalue weighted by Crippen LogP contribution is 2.43. The van der Waals surface area contributed by atoms with Crippen molar-refractivity contribution in [2.75, 3.05) is 19.0 Å². The number of hydrogen-bond donors (Lipinski definition) is 2. The van der Waals surface area contributed by atoms with E-state index in [0.717, 1.165) is 19.3 Å². The zero-order chi connectivity index (χ0) is 15.5. The van der Waals surface area contributed by atoms with Crippen LogP contribution < -0.4 is 5.32 Å². The first-order valence-electron chi connectivity index (χ1n) is 6.84. The quantitative estimate of drug-likeness (QED) is 0.768. The van der Waals surface area contributed by atoms with E-state index < -0.39 is 11.9 Å². The number of aryl methyl sites for hydroxylation is 1. The predicted octanol–water partition coefficient (Wildman–Crippen LogP) is 1.63. The number of carbonyl (C=O) groups excluding carboxylic acids is 1. The lowest BCUT2D eigenvalue weighted by atomic mass is 9.66. The Kier molecular flexibility index (Phi) is 4.40. The van der Waals surface area contributed by atoms with Crippen molar-refractivity contribution >= 4 is 17.8 Å². The van der Waals surface area contributed by atoms with Crippen LogP contribution in [-0.4, -0.2) is 40.7 Å². The van der Waals surface area contributed by atoms with Gasteiger partial charge in [-0.25, -0.2) is 14.8 Å². The third-order valence-corrected chi connectivity index (χ3v) is 3.81. The van der Waals surface area contributed by atoms with Gasteiger partial charge in [0.2, 0.25) is 5.82 Å². The van der Waals surface area contributed by atoms with Gasteiger partial charge in [-0.3, -0.25) is 4.79 Å². The lowest BCUT2D eigenvalue weighted by molar-refractivity contribution is -0.141. The van der Waals surface area contributed by atoms with Gasteiger partial charge in [0.1, 0.15) is 5.82 Å². The standard InChI is InChI=1S/C14H19N3O4/c1-9-6-10(17-12(16-9)13(20)21-2)15-8-14(4-3-5-14)7-11(18)19/h6H,3-5,7-8H2,1-2H3,(H,18,19)(H,15,16,17). The van der Waals surface area contributed by atoms with Crippen LogP contribution in [-0.2, 0) is 9.53 Å². The molecule has 0 radical (unpaired) electrons. The molecule has 7 nitrogen and oxygen atoms in total. The second kappa shape index (κ2) is 6.07. The van der Waals surface area contributed by atoms with Crippen molar-refractivity contribution in [3.63, 3.8) is 0 Å². The van der Waals surface area contributed by atoms with Crippen LogP contribution in [0.4, 0.5) is 5.82 Å². The Morgan fingerprint density at radius 2 is 2.14 bits per heavy atom. The van der Waals surface area contributed by atoms with E-state index in [9.17, 15) is 9.59 Å². The molecule has 1 aliphatic carbocycles. The average Bonchev–Trinajstić information content (AvgIpc) is 2.39. The van der Waals surface area contributed by atoms with E-state index in [-0.39, 0.29) is 17.7 Å². The van der Waals surface area contributed by atoms with Crippen molar-refractivity contribution in [2.45, 2.75) is 32.6 Å². The van der Waals surface area contributed by atoms with E-state index >= 15 is 0 Å². The summed E-state index contributed by atoms with van der Waals surface area (Å²) in [6, 6.07) is 1.72. The first kappa shape index (κ1) is 15.2. The molecule has 1 aromatic heterocycles. The summed E-state index contributed by atoms with van der Waals surface area (Å²) in [5.74, 6) is -0.864. The topological polar surface area (TPSA) is 101 Å². The lowest BCUT2D eigenvalue weighted by Crippen LogP contribution is -2.38. The van der Waals surface area contributed by atoms with Crippen molar-refractivity contribution in [3.8, 4) is 0 Å². The molecule has 1 saturated carbocycles. The molecule has 7 heteroatoms. The largest absolute Gasteiger partial charge is 0.481 e. The van der Waals surface area contributed by atoms with Crippen LogP contribution in [0.15, 0.2) is 6.07 Å². The maximum Gasteiger partial charge on any atom is 0.376 e. The molecule has 1 fully saturated rings. The van der Waals surface area contributed by atoms with Crippen LogP contribution in [0.3, 0.4) is 0 Å². The van der Waals surface area contributed by atoms with Gasteiger partial charge in [-0.15, -0.1) is 0 Å². The van der Waals surface area contributed by atoms with E-state index in [1.54, 1.807) is 13.0 Å². The molecule has 2 N–H and O–H groups in total. The van der Waals surface area contributed by atoms with E-state index in [0.29, 0.717) is 18.1 Å². The van der Waals surface area contributed by atoms with Gasteiger partial charge in [0.25, 0.3) is 0 Å². The molecule has 114 valence electrons. The van der Waals surface area contributed by atoms with Crippen molar-refractivity contribution in [2.24, 2.45) is 5.41 Å². The third-order valence-electron chi connectivity index (χ3n) is 3.81.